The zero-order chi connectivity index (χ0) is 13.3. The van der Waals surface area contributed by atoms with Crippen molar-refractivity contribution in [3.63, 3.8) is 0 Å². The van der Waals surface area contributed by atoms with Crippen LogP contribution in [0.2, 0.25) is 0 Å². The molecule has 1 heterocycles. The van der Waals surface area contributed by atoms with E-state index in [0.29, 0.717) is 16.8 Å². The maximum Gasteiger partial charge on any atom is 0.195 e. The van der Waals surface area contributed by atoms with Crippen LogP contribution in [0.15, 0.2) is 22.8 Å². The molecular formula is C12H8BrF3N2. The third-order valence-corrected chi connectivity index (χ3v) is 2.77. The molecule has 18 heavy (non-hydrogen) atoms. The lowest BCUT2D eigenvalue weighted by Crippen LogP contribution is -1.99. The smallest absolute Gasteiger partial charge is 0.195 e. The van der Waals surface area contributed by atoms with E-state index in [4.69, 9.17) is 0 Å². The number of hydrogen-bond acceptors (Lipinski definition) is 2. The molecule has 6 heteroatoms. The van der Waals surface area contributed by atoms with Gasteiger partial charge in [-0.05, 0) is 34.1 Å². The third-order valence-electron chi connectivity index (χ3n) is 2.37. The fourth-order valence-electron chi connectivity index (χ4n) is 1.48. The van der Waals surface area contributed by atoms with E-state index in [9.17, 15) is 13.2 Å². The number of aryl methyl sites for hydroxylation is 1. The summed E-state index contributed by atoms with van der Waals surface area (Å²) in [5.74, 6) is -3.48. The molecule has 1 aromatic carbocycles. The van der Waals surface area contributed by atoms with Crippen molar-refractivity contribution < 1.29 is 13.2 Å². The van der Waals surface area contributed by atoms with E-state index in [0.717, 1.165) is 12.1 Å². The van der Waals surface area contributed by atoms with Gasteiger partial charge in [0.1, 0.15) is 10.4 Å². The molecule has 0 bridgehead atoms. The fourth-order valence-corrected chi connectivity index (χ4v) is 1.91. The number of halogens is 4. The van der Waals surface area contributed by atoms with Crippen molar-refractivity contribution in [2.45, 2.75) is 13.3 Å². The van der Waals surface area contributed by atoms with E-state index in [1.807, 2.05) is 6.92 Å². The Morgan fingerprint density at radius 1 is 1.11 bits per heavy atom. The van der Waals surface area contributed by atoms with Crippen molar-refractivity contribution in [3.05, 3.63) is 46.1 Å². The summed E-state index contributed by atoms with van der Waals surface area (Å²) in [6.07, 6.45) is 0.553. The second-order valence-corrected chi connectivity index (χ2v) is 4.38. The molecule has 0 saturated carbocycles. The second-order valence-electron chi connectivity index (χ2n) is 3.57. The summed E-state index contributed by atoms with van der Waals surface area (Å²) < 4.78 is 40.1. The first kappa shape index (κ1) is 13.0. The molecule has 0 fully saturated rings. The van der Waals surface area contributed by atoms with Gasteiger partial charge in [-0.1, -0.05) is 6.92 Å². The molecule has 2 nitrogen and oxygen atoms in total. The van der Waals surface area contributed by atoms with Gasteiger partial charge in [0.05, 0.1) is 5.69 Å². The molecule has 2 aromatic rings. The molecule has 0 saturated heterocycles. The fraction of sp³-hybridized carbons (Fsp3) is 0.167. The standard InChI is InChI=1S/C12H8BrF3N2/c1-2-10-17-8(5-9(13)18-10)6-3-4-7(14)12(16)11(6)15/h3-5H,2H2,1H3. The van der Waals surface area contributed by atoms with Crippen LogP contribution in [0.3, 0.4) is 0 Å². The van der Waals surface area contributed by atoms with Crippen LogP contribution in [0.4, 0.5) is 13.2 Å². The van der Waals surface area contributed by atoms with Gasteiger partial charge >= 0.3 is 0 Å². The zero-order valence-corrected chi connectivity index (χ0v) is 10.9. The maximum atomic E-state index is 13.6. The van der Waals surface area contributed by atoms with Gasteiger partial charge in [-0.3, -0.25) is 0 Å². The van der Waals surface area contributed by atoms with E-state index >= 15 is 0 Å². The first-order valence-electron chi connectivity index (χ1n) is 5.20. The Balaban J connectivity index is 2.62. The Hall–Kier alpha value is -1.43. The highest BCUT2D eigenvalue weighted by atomic mass is 79.9. The van der Waals surface area contributed by atoms with Gasteiger partial charge in [0.2, 0.25) is 0 Å². The van der Waals surface area contributed by atoms with Crippen molar-refractivity contribution in [2.24, 2.45) is 0 Å². The Morgan fingerprint density at radius 2 is 1.83 bits per heavy atom. The number of hydrogen-bond donors (Lipinski definition) is 0. The highest BCUT2D eigenvalue weighted by Gasteiger charge is 2.16. The molecule has 0 radical (unpaired) electrons. The molecule has 0 N–H and O–H groups in total. The molecule has 1 aromatic heterocycles. The average molecular weight is 317 g/mol. The largest absolute Gasteiger partial charge is 0.233 e. The molecule has 0 aliphatic carbocycles. The third kappa shape index (κ3) is 2.38. The van der Waals surface area contributed by atoms with Crippen LogP contribution < -0.4 is 0 Å². The van der Waals surface area contributed by atoms with Crippen LogP contribution in [-0.4, -0.2) is 9.97 Å². The van der Waals surface area contributed by atoms with Crippen molar-refractivity contribution in [3.8, 4) is 11.3 Å². The number of nitrogens with zero attached hydrogens (tertiary/aromatic N) is 2. The molecule has 0 unspecified atom stereocenters. The molecule has 0 spiro atoms. The first-order chi connectivity index (χ1) is 8.52. The quantitative estimate of drug-likeness (QED) is 0.620. The van der Waals surface area contributed by atoms with E-state index in [1.165, 1.54) is 6.07 Å². The van der Waals surface area contributed by atoms with E-state index in [-0.39, 0.29) is 11.3 Å². The zero-order valence-electron chi connectivity index (χ0n) is 9.35. The van der Waals surface area contributed by atoms with E-state index in [1.54, 1.807) is 0 Å². The number of aromatic nitrogens is 2. The van der Waals surface area contributed by atoms with Gasteiger partial charge in [0.25, 0.3) is 0 Å². The van der Waals surface area contributed by atoms with Crippen LogP contribution in [0.25, 0.3) is 11.3 Å². The lowest BCUT2D eigenvalue weighted by molar-refractivity contribution is 0.449. The molecule has 0 aliphatic heterocycles. The minimum atomic E-state index is -1.50. The summed E-state index contributed by atoms with van der Waals surface area (Å²) in [5.41, 5.74) is 0.122. The molecule has 0 aliphatic rings. The Morgan fingerprint density at radius 3 is 2.50 bits per heavy atom. The van der Waals surface area contributed by atoms with E-state index in [2.05, 4.69) is 25.9 Å². The van der Waals surface area contributed by atoms with Gasteiger partial charge in [-0.15, -0.1) is 0 Å². The summed E-state index contributed by atoms with van der Waals surface area (Å²) in [5, 5.41) is 0. The van der Waals surface area contributed by atoms with Crippen LogP contribution in [-0.2, 0) is 6.42 Å². The van der Waals surface area contributed by atoms with Crippen LogP contribution in [0, 0.1) is 17.5 Å². The van der Waals surface area contributed by atoms with Gasteiger partial charge < -0.3 is 0 Å². The summed E-state index contributed by atoms with van der Waals surface area (Å²) in [7, 11) is 0. The maximum absolute atomic E-state index is 13.6. The van der Waals surface area contributed by atoms with Crippen molar-refractivity contribution in [2.75, 3.05) is 0 Å². The molecule has 2 rings (SSSR count). The van der Waals surface area contributed by atoms with Crippen LogP contribution in [0.1, 0.15) is 12.7 Å². The van der Waals surface area contributed by atoms with Crippen molar-refractivity contribution in [1.29, 1.82) is 0 Å². The SMILES string of the molecule is CCc1nc(Br)cc(-c2ccc(F)c(F)c2F)n1. The lowest BCUT2D eigenvalue weighted by Gasteiger charge is -2.06. The van der Waals surface area contributed by atoms with Crippen molar-refractivity contribution >= 4 is 15.9 Å². The highest BCUT2D eigenvalue weighted by molar-refractivity contribution is 9.10. The van der Waals surface area contributed by atoms with Gasteiger partial charge in [0, 0.05) is 12.0 Å². The summed E-state index contributed by atoms with van der Waals surface area (Å²) >= 11 is 3.17. The van der Waals surface area contributed by atoms with Gasteiger partial charge in [0.15, 0.2) is 17.5 Å². The summed E-state index contributed by atoms with van der Waals surface area (Å²) in [6.45, 7) is 1.84. The predicted molar refractivity (Wildman–Crippen MR) is 64.4 cm³/mol. The second kappa shape index (κ2) is 5.06. The summed E-state index contributed by atoms with van der Waals surface area (Å²) in [6, 6.07) is 3.48. The Bertz CT molecular complexity index is 602. The minimum Gasteiger partial charge on any atom is -0.233 e. The van der Waals surface area contributed by atoms with E-state index < -0.39 is 17.5 Å². The average Bonchev–Trinajstić information content (AvgIpc) is 2.35. The van der Waals surface area contributed by atoms with Gasteiger partial charge in [-0.2, -0.15) is 0 Å². The van der Waals surface area contributed by atoms with Crippen LogP contribution >= 0.6 is 15.9 Å². The summed E-state index contributed by atoms with van der Waals surface area (Å²) in [4.78, 5) is 8.15. The van der Waals surface area contributed by atoms with Crippen molar-refractivity contribution in [1.82, 2.24) is 9.97 Å². The topological polar surface area (TPSA) is 25.8 Å². The number of rotatable bonds is 2. The Kier molecular flexibility index (Phi) is 3.65. The number of benzene rings is 1. The molecule has 94 valence electrons. The minimum absolute atomic E-state index is 0.0910. The molecule has 0 amide bonds. The van der Waals surface area contributed by atoms with Crippen LogP contribution in [0.5, 0.6) is 0 Å². The molecular weight excluding hydrogens is 309 g/mol. The molecule has 0 atom stereocenters. The predicted octanol–water partition coefficient (Wildman–Crippen LogP) is 3.89. The monoisotopic (exact) mass is 316 g/mol. The lowest BCUT2D eigenvalue weighted by atomic mass is 10.1. The van der Waals surface area contributed by atoms with Gasteiger partial charge in [-0.25, -0.2) is 23.1 Å². The first-order valence-corrected chi connectivity index (χ1v) is 5.99. The highest BCUT2D eigenvalue weighted by Crippen LogP contribution is 2.26. The Labute approximate surface area is 110 Å². The normalized spacial score (nSPS) is 10.7.